The molecule has 90 valence electrons. The molecule has 0 amide bonds. The van der Waals surface area contributed by atoms with E-state index < -0.39 is 0 Å². The van der Waals surface area contributed by atoms with Crippen LogP contribution in [-0.4, -0.2) is 58.0 Å². The first-order valence-electron chi connectivity index (χ1n) is 5.73. The number of nitrogens with zero attached hydrogens (tertiary/aromatic N) is 1. The number of ether oxygens (including phenoxy) is 2. The SMILES string of the molecule is COCC(N)CN(C)CCOCC1CC1. The Kier molecular flexibility index (Phi) is 6.17. The summed E-state index contributed by atoms with van der Waals surface area (Å²) < 4.78 is 10.5. The van der Waals surface area contributed by atoms with E-state index in [0.29, 0.717) is 6.61 Å². The first-order chi connectivity index (χ1) is 7.22. The van der Waals surface area contributed by atoms with Crippen LogP contribution in [0.2, 0.25) is 0 Å². The van der Waals surface area contributed by atoms with Gasteiger partial charge in [-0.2, -0.15) is 0 Å². The number of methoxy groups -OCH3 is 1. The Balaban J connectivity index is 1.89. The molecule has 0 saturated heterocycles. The molecular formula is C11H24N2O2. The molecule has 0 aromatic rings. The van der Waals surface area contributed by atoms with Gasteiger partial charge in [0.2, 0.25) is 0 Å². The summed E-state index contributed by atoms with van der Waals surface area (Å²) in [5, 5.41) is 0. The van der Waals surface area contributed by atoms with Gasteiger partial charge in [-0.1, -0.05) is 0 Å². The third kappa shape index (κ3) is 6.84. The van der Waals surface area contributed by atoms with Crippen molar-refractivity contribution in [2.45, 2.75) is 18.9 Å². The lowest BCUT2D eigenvalue weighted by Crippen LogP contribution is -2.39. The number of nitrogens with two attached hydrogens (primary N) is 1. The average molecular weight is 216 g/mol. The molecule has 1 saturated carbocycles. The van der Waals surface area contributed by atoms with Gasteiger partial charge in [-0.15, -0.1) is 0 Å². The molecule has 2 N–H and O–H groups in total. The van der Waals surface area contributed by atoms with E-state index in [2.05, 4.69) is 11.9 Å². The van der Waals surface area contributed by atoms with Gasteiger partial charge in [-0.25, -0.2) is 0 Å². The number of hydrogen-bond donors (Lipinski definition) is 1. The zero-order valence-corrected chi connectivity index (χ0v) is 9.95. The van der Waals surface area contributed by atoms with Crippen LogP contribution in [0.4, 0.5) is 0 Å². The molecular weight excluding hydrogens is 192 g/mol. The van der Waals surface area contributed by atoms with Crippen molar-refractivity contribution in [1.29, 1.82) is 0 Å². The van der Waals surface area contributed by atoms with Crippen LogP contribution >= 0.6 is 0 Å². The van der Waals surface area contributed by atoms with Crippen molar-refractivity contribution in [3.05, 3.63) is 0 Å². The van der Waals surface area contributed by atoms with E-state index in [9.17, 15) is 0 Å². The minimum Gasteiger partial charge on any atom is -0.383 e. The minimum absolute atomic E-state index is 0.100. The fourth-order valence-electron chi connectivity index (χ4n) is 1.51. The Morgan fingerprint density at radius 3 is 2.80 bits per heavy atom. The molecule has 0 aromatic carbocycles. The van der Waals surface area contributed by atoms with Crippen LogP contribution in [-0.2, 0) is 9.47 Å². The first-order valence-corrected chi connectivity index (χ1v) is 5.73. The van der Waals surface area contributed by atoms with Crippen LogP contribution in [0.25, 0.3) is 0 Å². The van der Waals surface area contributed by atoms with Crippen molar-refractivity contribution in [2.75, 3.05) is 47.1 Å². The summed E-state index contributed by atoms with van der Waals surface area (Å²) >= 11 is 0. The third-order valence-electron chi connectivity index (χ3n) is 2.59. The second-order valence-electron chi connectivity index (χ2n) is 4.50. The maximum Gasteiger partial charge on any atom is 0.0626 e. The van der Waals surface area contributed by atoms with Gasteiger partial charge in [0, 0.05) is 32.8 Å². The van der Waals surface area contributed by atoms with Crippen LogP contribution in [0.1, 0.15) is 12.8 Å². The summed E-state index contributed by atoms with van der Waals surface area (Å²) in [6.07, 6.45) is 2.71. The predicted molar refractivity (Wildman–Crippen MR) is 60.9 cm³/mol. The fraction of sp³-hybridized carbons (Fsp3) is 1.00. The summed E-state index contributed by atoms with van der Waals surface area (Å²) in [6, 6.07) is 0.100. The van der Waals surface area contributed by atoms with E-state index in [-0.39, 0.29) is 6.04 Å². The lowest BCUT2D eigenvalue weighted by Gasteiger charge is -2.20. The first kappa shape index (κ1) is 12.9. The summed E-state index contributed by atoms with van der Waals surface area (Å²) in [4.78, 5) is 2.19. The highest BCUT2D eigenvalue weighted by molar-refractivity contribution is 4.72. The standard InChI is InChI=1S/C11H24N2O2/c1-13(7-11(12)9-14-2)5-6-15-8-10-3-4-10/h10-11H,3-9,12H2,1-2H3. The molecule has 1 rings (SSSR count). The van der Waals surface area contributed by atoms with Crippen molar-refractivity contribution in [1.82, 2.24) is 4.90 Å². The molecule has 15 heavy (non-hydrogen) atoms. The molecule has 1 unspecified atom stereocenters. The quantitative estimate of drug-likeness (QED) is 0.564. The van der Waals surface area contributed by atoms with Crippen LogP contribution in [0.15, 0.2) is 0 Å². The Hall–Kier alpha value is -0.160. The van der Waals surface area contributed by atoms with Crippen LogP contribution in [0.5, 0.6) is 0 Å². The average Bonchev–Trinajstić information content (AvgIpc) is 2.96. The van der Waals surface area contributed by atoms with Crippen molar-refractivity contribution < 1.29 is 9.47 Å². The van der Waals surface area contributed by atoms with E-state index in [4.69, 9.17) is 15.2 Å². The molecule has 1 atom stereocenters. The Bertz CT molecular complexity index is 163. The molecule has 4 nitrogen and oxygen atoms in total. The molecule has 0 bridgehead atoms. The smallest absolute Gasteiger partial charge is 0.0626 e. The molecule has 0 radical (unpaired) electrons. The molecule has 0 aromatic heterocycles. The monoisotopic (exact) mass is 216 g/mol. The van der Waals surface area contributed by atoms with E-state index in [1.54, 1.807) is 7.11 Å². The van der Waals surface area contributed by atoms with Crippen LogP contribution < -0.4 is 5.73 Å². The Morgan fingerprint density at radius 2 is 2.20 bits per heavy atom. The summed E-state index contributed by atoms with van der Waals surface area (Å²) in [5.41, 5.74) is 5.84. The van der Waals surface area contributed by atoms with Gasteiger partial charge >= 0.3 is 0 Å². The van der Waals surface area contributed by atoms with Gasteiger partial charge in [-0.3, -0.25) is 0 Å². The van der Waals surface area contributed by atoms with Gasteiger partial charge in [0.15, 0.2) is 0 Å². The zero-order chi connectivity index (χ0) is 11.1. The molecule has 0 spiro atoms. The summed E-state index contributed by atoms with van der Waals surface area (Å²) in [7, 11) is 3.74. The van der Waals surface area contributed by atoms with Gasteiger partial charge in [0.1, 0.15) is 0 Å². The topological polar surface area (TPSA) is 47.7 Å². The molecule has 1 aliphatic rings. The second kappa shape index (κ2) is 7.17. The second-order valence-corrected chi connectivity index (χ2v) is 4.50. The van der Waals surface area contributed by atoms with E-state index in [1.165, 1.54) is 12.8 Å². The highest BCUT2D eigenvalue weighted by atomic mass is 16.5. The largest absolute Gasteiger partial charge is 0.383 e. The van der Waals surface area contributed by atoms with Gasteiger partial charge < -0.3 is 20.1 Å². The van der Waals surface area contributed by atoms with Crippen molar-refractivity contribution in [3.8, 4) is 0 Å². The highest BCUT2D eigenvalue weighted by Gasteiger charge is 2.20. The van der Waals surface area contributed by atoms with Crippen LogP contribution in [0.3, 0.4) is 0 Å². The molecule has 1 fully saturated rings. The lowest BCUT2D eigenvalue weighted by molar-refractivity contribution is 0.0964. The minimum atomic E-state index is 0.100. The maximum absolute atomic E-state index is 5.84. The van der Waals surface area contributed by atoms with Crippen molar-refractivity contribution >= 4 is 0 Å². The number of hydrogen-bond acceptors (Lipinski definition) is 4. The number of rotatable bonds is 9. The number of likely N-dealkylation sites (N-methyl/N-ethyl adjacent to an activating group) is 1. The molecule has 1 aliphatic carbocycles. The van der Waals surface area contributed by atoms with E-state index in [1.807, 2.05) is 0 Å². The zero-order valence-electron chi connectivity index (χ0n) is 9.95. The van der Waals surface area contributed by atoms with Gasteiger partial charge in [0.25, 0.3) is 0 Å². The predicted octanol–water partition coefficient (Wildman–Crippen LogP) is 0.319. The summed E-state index contributed by atoms with van der Waals surface area (Å²) in [6.45, 7) is 4.18. The Morgan fingerprint density at radius 1 is 1.47 bits per heavy atom. The highest BCUT2D eigenvalue weighted by Crippen LogP contribution is 2.28. The van der Waals surface area contributed by atoms with Crippen LogP contribution in [0, 0.1) is 5.92 Å². The normalized spacial score (nSPS) is 18.4. The summed E-state index contributed by atoms with van der Waals surface area (Å²) in [5.74, 6) is 0.853. The van der Waals surface area contributed by atoms with E-state index >= 15 is 0 Å². The van der Waals surface area contributed by atoms with Crippen molar-refractivity contribution in [3.63, 3.8) is 0 Å². The molecule has 0 aliphatic heterocycles. The third-order valence-corrected chi connectivity index (χ3v) is 2.59. The lowest BCUT2D eigenvalue weighted by atomic mass is 10.3. The van der Waals surface area contributed by atoms with Gasteiger partial charge in [0.05, 0.1) is 13.2 Å². The fourth-order valence-corrected chi connectivity index (χ4v) is 1.51. The van der Waals surface area contributed by atoms with Crippen molar-refractivity contribution in [2.24, 2.45) is 11.7 Å². The molecule has 0 heterocycles. The Labute approximate surface area is 92.7 Å². The van der Waals surface area contributed by atoms with Gasteiger partial charge in [-0.05, 0) is 25.8 Å². The van der Waals surface area contributed by atoms with E-state index in [0.717, 1.165) is 32.2 Å². The molecule has 4 heteroatoms. The maximum atomic E-state index is 5.84.